The predicted molar refractivity (Wildman–Crippen MR) is 170 cm³/mol. The third-order valence-electron chi connectivity index (χ3n) is 14.5. The van der Waals surface area contributed by atoms with Crippen LogP contribution in [0.5, 0.6) is 0 Å². The maximum atomic E-state index is 12.5. The van der Waals surface area contributed by atoms with Gasteiger partial charge in [0, 0.05) is 25.0 Å². The van der Waals surface area contributed by atoms with Gasteiger partial charge in [-0.25, -0.2) is 4.79 Å². The van der Waals surface area contributed by atoms with Crippen molar-refractivity contribution in [3.8, 4) is 0 Å². The molecule has 0 amide bonds. The van der Waals surface area contributed by atoms with E-state index in [0.717, 1.165) is 24.8 Å². The third-order valence-corrected chi connectivity index (χ3v) is 14.5. The highest BCUT2D eigenvalue weighted by molar-refractivity contribution is 5.85. The van der Waals surface area contributed by atoms with E-state index in [1.807, 2.05) is 0 Å². The van der Waals surface area contributed by atoms with Gasteiger partial charge >= 0.3 is 5.97 Å². The summed E-state index contributed by atoms with van der Waals surface area (Å²) >= 11 is 0. The molecule has 278 valence electrons. The van der Waals surface area contributed by atoms with Crippen LogP contribution >= 0.6 is 0 Å². The van der Waals surface area contributed by atoms with Crippen molar-refractivity contribution in [2.75, 3.05) is 13.7 Å². The topological polar surface area (TPSA) is 194 Å². The number of hydrogen-bond acceptors (Lipinski definition) is 13. The van der Waals surface area contributed by atoms with E-state index in [-0.39, 0.29) is 29.1 Å². The Kier molecular flexibility index (Phi) is 9.38. The molecular formula is C36H56O13. The lowest BCUT2D eigenvalue weighted by Gasteiger charge is -2.66. The van der Waals surface area contributed by atoms with Gasteiger partial charge in [0.15, 0.2) is 12.6 Å². The van der Waals surface area contributed by atoms with E-state index in [9.17, 15) is 35.4 Å². The Morgan fingerprint density at radius 2 is 1.43 bits per heavy atom. The molecule has 1 unspecified atom stereocenters. The summed E-state index contributed by atoms with van der Waals surface area (Å²) in [5, 5.41) is 67.1. The molecule has 3 heterocycles. The van der Waals surface area contributed by atoms with Crippen molar-refractivity contribution >= 4 is 5.97 Å². The molecule has 2 saturated heterocycles. The summed E-state index contributed by atoms with van der Waals surface area (Å²) in [5.74, 6) is -0.0164. The summed E-state index contributed by atoms with van der Waals surface area (Å²) in [4.78, 5) is 11.9. The SMILES string of the molecule is CO[C@@H]1[C@@H](O)[C@H](O[C@H]2CC[C@]3(C)[C@H]4CC[C@]5(C)[C@@H](C6=CC(=O)OC6)CC[C@]5(O)[C@@H]4CCC3(O)C2)O[C@H](C)[C@@H]1O[C@@H]1O[C@H](C)[C@@H](O)[C@H](O)[C@H]1O. The fourth-order valence-corrected chi connectivity index (χ4v) is 11.5. The number of aliphatic hydroxyl groups excluding tert-OH is 4. The van der Waals surface area contributed by atoms with Crippen LogP contribution in [0.3, 0.4) is 0 Å². The molecule has 0 radical (unpaired) electrons. The summed E-state index contributed by atoms with van der Waals surface area (Å²) in [6.45, 7) is 7.98. The molecule has 7 rings (SSSR count). The van der Waals surface area contributed by atoms with E-state index >= 15 is 0 Å². The first-order chi connectivity index (χ1) is 23.1. The number of ether oxygens (including phenoxy) is 6. The van der Waals surface area contributed by atoms with Gasteiger partial charge in [-0.3, -0.25) is 0 Å². The minimum Gasteiger partial charge on any atom is -0.458 e. The van der Waals surface area contributed by atoms with Gasteiger partial charge in [0.2, 0.25) is 0 Å². The third kappa shape index (κ3) is 5.48. The zero-order valence-electron chi connectivity index (χ0n) is 29.3. The van der Waals surface area contributed by atoms with Crippen LogP contribution in [0.15, 0.2) is 11.6 Å². The van der Waals surface area contributed by atoms with E-state index < -0.39 is 84.1 Å². The van der Waals surface area contributed by atoms with Crippen molar-refractivity contribution < 1.29 is 63.9 Å². The van der Waals surface area contributed by atoms with Crippen LogP contribution in [0.1, 0.15) is 85.5 Å². The molecule has 0 spiro atoms. The second kappa shape index (κ2) is 12.7. The molecule has 0 aromatic rings. The van der Waals surface area contributed by atoms with E-state index in [0.29, 0.717) is 45.1 Å². The van der Waals surface area contributed by atoms with Crippen LogP contribution in [0.25, 0.3) is 0 Å². The highest BCUT2D eigenvalue weighted by Gasteiger charge is 2.70. The number of fused-ring (bicyclic) bond motifs is 5. The minimum atomic E-state index is -1.52. The molecule has 3 aliphatic heterocycles. The summed E-state index contributed by atoms with van der Waals surface area (Å²) in [5.41, 5.74) is -1.70. The summed E-state index contributed by atoms with van der Waals surface area (Å²) in [6, 6.07) is 0. The lowest BCUT2D eigenvalue weighted by Crippen LogP contribution is -2.68. The number of aliphatic hydroxyl groups is 6. The van der Waals surface area contributed by atoms with Gasteiger partial charge in [-0.15, -0.1) is 0 Å². The van der Waals surface area contributed by atoms with Crippen LogP contribution in [-0.2, 0) is 33.2 Å². The van der Waals surface area contributed by atoms with Gasteiger partial charge in [-0.1, -0.05) is 13.8 Å². The van der Waals surface area contributed by atoms with Gasteiger partial charge in [0.05, 0.1) is 29.5 Å². The van der Waals surface area contributed by atoms with Crippen molar-refractivity contribution in [3.63, 3.8) is 0 Å². The molecule has 6 fully saturated rings. The molecule has 4 aliphatic carbocycles. The molecule has 13 nitrogen and oxygen atoms in total. The minimum absolute atomic E-state index is 0.0420. The first-order valence-corrected chi connectivity index (χ1v) is 18.3. The average Bonchev–Trinajstić information content (AvgIpc) is 3.60. The van der Waals surface area contributed by atoms with Crippen LogP contribution in [0.4, 0.5) is 0 Å². The molecule has 0 bridgehead atoms. The molecule has 0 aromatic heterocycles. The van der Waals surface area contributed by atoms with Gasteiger partial charge in [-0.05, 0) is 94.0 Å². The second-order valence-electron chi connectivity index (χ2n) is 16.7. The number of carbonyl (C=O) groups is 1. The monoisotopic (exact) mass is 696 g/mol. The highest BCUT2D eigenvalue weighted by Crippen LogP contribution is 2.70. The Labute approximate surface area is 287 Å². The Bertz CT molecular complexity index is 1300. The number of methoxy groups -OCH3 is 1. The maximum Gasteiger partial charge on any atom is 0.331 e. The van der Waals surface area contributed by atoms with Gasteiger partial charge < -0.3 is 59.1 Å². The first kappa shape index (κ1) is 36.1. The van der Waals surface area contributed by atoms with Gasteiger partial charge in [-0.2, -0.15) is 0 Å². The van der Waals surface area contributed by atoms with Crippen molar-refractivity contribution in [1.29, 1.82) is 0 Å². The molecule has 13 heteroatoms. The lowest BCUT2D eigenvalue weighted by molar-refractivity contribution is -0.361. The van der Waals surface area contributed by atoms with Crippen LogP contribution in [0, 0.1) is 28.6 Å². The van der Waals surface area contributed by atoms with E-state index in [1.165, 1.54) is 7.11 Å². The molecule has 7 aliphatic rings. The quantitative estimate of drug-likeness (QED) is 0.171. The van der Waals surface area contributed by atoms with Crippen molar-refractivity contribution in [1.82, 2.24) is 0 Å². The smallest absolute Gasteiger partial charge is 0.331 e. The van der Waals surface area contributed by atoms with Crippen molar-refractivity contribution in [2.45, 2.75) is 164 Å². The largest absolute Gasteiger partial charge is 0.458 e. The Morgan fingerprint density at radius 3 is 2.12 bits per heavy atom. The molecule has 18 atom stereocenters. The van der Waals surface area contributed by atoms with Crippen molar-refractivity contribution in [2.24, 2.45) is 28.6 Å². The van der Waals surface area contributed by atoms with Crippen molar-refractivity contribution in [3.05, 3.63) is 11.6 Å². The average molecular weight is 697 g/mol. The molecule has 6 N–H and O–H groups in total. The summed E-state index contributed by atoms with van der Waals surface area (Å²) in [7, 11) is 1.43. The van der Waals surface area contributed by atoms with Crippen LogP contribution in [0.2, 0.25) is 0 Å². The Balaban J connectivity index is 1.02. The number of carbonyl (C=O) groups excluding carboxylic acids is 1. The van der Waals surface area contributed by atoms with Crippen LogP contribution < -0.4 is 0 Å². The fourth-order valence-electron chi connectivity index (χ4n) is 11.5. The first-order valence-electron chi connectivity index (χ1n) is 18.3. The highest BCUT2D eigenvalue weighted by atomic mass is 16.7. The molecular weight excluding hydrogens is 640 g/mol. The Morgan fingerprint density at radius 1 is 0.755 bits per heavy atom. The molecule has 0 aromatic carbocycles. The number of hydrogen-bond donors (Lipinski definition) is 6. The Hall–Kier alpha value is -1.23. The van der Waals surface area contributed by atoms with Crippen LogP contribution in [-0.4, -0.2) is 129 Å². The van der Waals surface area contributed by atoms with Gasteiger partial charge in [0.1, 0.15) is 43.2 Å². The van der Waals surface area contributed by atoms with E-state index in [4.69, 9.17) is 28.4 Å². The second-order valence-corrected chi connectivity index (χ2v) is 16.7. The van der Waals surface area contributed by atoms with E-state index in [1.54, 1.807) is 19.9 Å². The summed E-state index contributed by atoms with van der Waals surface area (Å²) < 4.78 is 35.1. The predicted octanol–water partition coefficient (Wildman–Crippen LogP) is 1.08. The molecule has 49 heavy (non-hydrogen) atoms. The number of cyclic esters (lactones) is 1. The summed E-state index contributed by atoms with van der Waals surface area (Å²) in [6.07, 6.45) is -3.79. The van der Waals surface area contributed by atoms with E-state index in [2.05, 4.69) is 13.8 Å². The maximum absolute atomic E-state index is 12.5. The lowest BCUT2D eigenvalue weighted by atomic mass is 9.42. The number of esters is 1. The molecule has 4 saturated carbocycles. The zero-order chi connectivity index (χ0) is 35.3. The van der Waals surface area contributed by atoms with Gasteiger partial charge in [0.25, 0.3) is 0 Å². The fraction of sp³-hybridized carbons (Fsp3) is 0.917. The number of rotatable bonds is 6. The zero-order valence-corrected chi connectivity index (χ0v) is 29.3. The normalized spacial score (nSPS) is 56.0. The standard InChI is InChI=1S/C36H56O13/c1-17-25(38)26(39)27(40)31(46-17)49-29-18(2)47-32(28(41)30(29)44-5)48-20-6-10-33(3)22-7-11-34(4)21(19-14-24(37)45-16-19)9-13-36(34,43)23(22)8-12-35(33,42)15-20/h14,17-18,20-23,25-32,38-43H,6-13,15-16H2,1-5H3/t17-,18-,20+,21-,22+,23-,25-,26+,27-,28-,29+,30-,31+,32+,33-,34-,35?,36+/m1/s1.